The highest BCUT2D eigenvalue weighted by Gasteiger charge is 2.59. The topological polar surface area (TPSA) is 17.1 Å². The Labute approximate surface area is 149 Å². The Morgan fingerprint density at radius 1 is 0.875 bits per heavy atom. The van der Waals surface area contributed by atoms with Crippen LogP contribution in [-0.4, -0.2) is 6.29 Å². The molecule has 4 aliphatic carbocycles. The van der Waals surface area contributed by atoms with Gasteiger partial charge in [-0.3, -0.25) is 0 Å². The molecule has 4 rings (SSSR count). The first-order valence-corrected chi connectivity index (χ1v) is 11.0. The quantitative estimate of drug-likeness (QED) is 0.430. The molecule has 1 heteroatoms. The van der Waals surface area contributed by atoms with Crippen molar-refractivity contribution in [2.24, 2.45) is 40.4 Å². The highest BCUT2D eigenvalue weighted by Crippen LogP contribution is 2.67. The summed E-state index contributed by atoms with van der Waals surface area (Å²) in [6.07, 6.45) is 19.4. The van der Waals surface area contributed by atoms with Gasteiger partial charge in [-0.2, -0.15) is 0 Å². The van der Waals surface area contributed by atoms with E-state index in [0.717, 1.165) is 48.7 Å². The summed E-state index contributed by atoms with van der Waals surface area (Å²) in [6, 6.07) is 0. The van der Waals surface area contributed by atoms with E-state index < -0.39 is 0 Å². The number of hydrogen-bond donors (Lipinski definition) is 0. The highest BCUT2D eigenvalue weighted by molar-refractivity contribution is 5.48. The smallest absolute Gasteiger partial charge is 0.119 e. The third-order valence-electron chi connectivity index (χ3n) is 9.65. The van der Waals surface area contributed by atoms with Gasteiger partial charge in [0.2, 0.25) is 0 Å². The van der Waals surface area contributed by atoms with Crippen molar-refractivity contribution < 1.29 is 4.79 Å². The molecule has 4 fully saturated rings. The van der Waals surface area contributed by atoms with Gasteiger partial charge in [0.05, 0.1) is 0 Å². The van der Waals surface area contributed by atoms with Crippen LogP contribution in [0.2, 0.25) is 0 Å². The Bertz CT molecular complexity index is 471. The lowest BCUT2D eigenvalue weighted by atomic mass is 9.45. The van der Waals surface area contributed by atoms with Crippen molar-refractivity contribution >= 4 is 6.29 Å². The van der Waals surface area contributed by atoms with Crippen LogP contribution in [0.5, 0.6) is 0 Å². The van der Waals surface area contributed by atoms with Gasteiger partial charge in [-0.25, -0.2) is 0 Å². The van der Waals surface area contributed by atoms with Crippen LogP contribution in [0.4, 0.5) is 0 Å². The van der Waals surface area contributed by atoms with Gasteiger partial charge in [-0.05, 0) is 105 Å². The number of fused-ring (bicyclic) bond motifs is 5. The summed E-state index contributed by atoms with van der Waals surface area (Å²) >= 11 is 0. The van der Waals surface area contributed by atoms with Crippen molar-refractivity contribution in [2.75, 3.05) is 0 Å². The Morgan fingerprint density at radius 3 is 2.54 bits per heavy atom. The number of aldehydes is 1. The molecule has 0 aromatic rings. The number of unbranched alkanes of at least 4 members (excludes halogenated alkanes) is 1. The molecule has 0 spiro atoms. The predicted molar refractivity (Wildman–Crippen MR) is 99.7 cm³/mol. The zero-order chi connectivity index (χ0) is 16.8. The van der Waals surface area contributed by atoms with E-state index in [1.54, 1.807) is 0 Å². The first kappa shape index (κ1) is 17.1. The van der Waals surface area contributed by atoms with Crippen LogP contribution in [0.1, 0.15) is 97.3 Å². The SMILES string of the molecule is C[C@]12CCC3[C@@H](CC[C@@H]4CCCC[C@]34C)C1CCC2CCCC=O. The molecule has 0 heterocycles. The molecule has 0 amide bonds. The summed E-state index contributed by atoms with van der Waals surface area (Å²) in [7, 11) is 0. The predicted octanol–water partition coefficient (Wildman–Crippen LogP) is 6.40. The van der Waals surface area contributed by atoms with Gasteiger partial charge < -0.3 is 4.79 Å². The van der Waals surface area contributed by atoms with Crippen molar-refractivity contribution in [1.29, 1.82) is 0 Å². The van der Waals surface area contributed by atoms with Gasteiger partial charge in [0.25, 0.3) is 0 Å². The van der Waals surface area contributed by atoms with Gasteiger partial charge in [0.1, 0.15) is 6.29 Å². The van der Waals surface area contributed by atoms with Gasteiger partial charge >= 0.3 is 0 Å². The second-order valence-corrected chi connectivity index (χ2v) is 10.3. The molecule has 0 radical (unpaired) electrons. The largest absolute Gasteiger partial charge is 0.303 e. The van der Waals surface area contributed by atoms with Crippen LogP contribution in [0.15, 0.2) is 0 Å². The van der Waals surface area contributed by atoms with Gasteiger partial charge in [-0.1, -0.05) is 26.7 Å². The van der Waals surface area contributed by atoms with E-state index in [1.807, 2.05) is 0 Å². The molecule has 3 unspecified atom stereocenters. The van der Waals surface area contributed by atoms with Crippen LogP contribution in [0.25, 0.3) is 0 Å². The van der Waals surface area contributed by atoms with E-state index in [0.29, 0.717) is 10.8 Å². The van der Waals surface area contributed by atoms with E-state index in [9.17, 15) is 4.79 Å². The van der Waals surface area contributed by atoms with Crippen molar-refractivity contribution in [3.63, 3.8) is 0 Å². The molecule has 0 aromatic heterocycles. The normalized spacial score (nSPS) is 50.7. The molecule has 24 heavy (non-hydrogen) atoms. The number of rotatable bonds is 4. The van der Waals surface area contributed by atoms with E-state index in [-0.39, 0.29) is 0 Å². The number of hydrogen-bond acceptors (Lipinski definition) is 1. The van der Waals surface area contributed by atoms with Gasteiger partial charge in [0, 0.05) is 6.42 Å². The molecule has 4 aliphatic rings. The molecule has 7 atom stereocenters. The van der Waals surface area contributed by atoms with Crippen molar-refractivity contribution in [1.82, 2.24) is 0 Å². The minimum atomic E-state index is 0.599. The maximum Gasteiger partial charge on any atom is 0.119 e. The lowest BCUT2D eigenvalue weighted by Crippen LogP contribution is -2.52. The fourth-order valence-electron chi connectivity index (χ4n) is 8.33. The highest BCUT2D eigenvalue weighted by atomic mass is 16.1. The third-order valence-corrected chi connectivity index (χ3v) is 9.65. The first-order valence-electron chi connectivity index (χ1n) is 11.0. The van der Waals surface area contributed by atoms with E-state index in [1.165, 1.54) is 70.6 Å². The van der Waals surface area contributed by atoms with Gasteiger partial charge in [0.15, 0.2) is 0 Å². The minimum absolute atomic E-state index is 0.599. The minimum Gasteiger partial charge on any atom is -0.303 e. The monoisotopic (exact) mass is 330 g/mol. The van der Waals surface area contributed by atoms with Crippen LogP contribution < -0.4 is 0 Å². The maximum absolute atomic E-state index is 10.7. The third kappa shape index (κ3) is 2.52. The summed E-state index contributed by atoms with van der Waals surface area (Å²) in [5.74, 6) is 5.00. The molecular formula is C23H38O. The molecule has 4 saturated carbocycles. The first-order chi connectivity index (χ1) is 11.6. The molecular weight excluding hydrogens is 292 g/mol. The number of carbonyl (C=O) groups excluding carboxylic acids is 1. The molecule has 0 saturated heterocycles. The van der Waals surface area contributed by atoms with Crippen LogP contribution in [-0.2, 0) is 4.79 Å². The fourth-order valence-corrected chi connectivity index (χ4v) is 8.33. The summed E-state index contributed by atoms with van der Waals surface area (Å²) < 4.78 is 0. The Morgan fingerprint density at radius 2 is 1.71 bits per heavy atom. The van der Waals surface area contributed by atoms with Crippen LogP contribution >= 0.6 is 0 Å². The second-order valence-electron chi connectivity index (χ2n) is 10.3. The molecule has 0 N–H and O–H groups in total. The molecule has 0 aliphatic heterocycles. The maximum atomic E-state index is 10.7. The molecule has 136 valence electrons. The number of carbonyl (C=O) groups is 1. The summed E-state index contributed by atoms with van der Waals surface area (Å²) in [4.78, 5) is 10.7. The average Bonchev–Trinajstić information content (AvgIpc) is 2.91. The average molecular weight is 331 g/mol. The van der Waals surface area contributed by atoms with Crippen molar-refractivity contribution in [2.45, 2.75) is 97.3 Å². The van der Waals surface area contributed by atoms with Crippen molar-refractivity contribution in [3.8, 4) is 0 Å². The fraction of sp³-hybridized carbons (Fsp3) is 0.957. The lowest BCUT2D eigenvalue weighted by Gasteiger charge is -2.60. The van der Waals surface area contributed by atoms with Crippen molar-refractivity contribution in [3.05, 3.63) is 0 Å². The summed E-state index contributed by atoms with van der Waals surface area (Å²) in [5.41, 5.74) is 1.28. The van der Waals surface area contributed by atoms with E-state index in [4.69, 9.17) is 0 Å². The Balaban J connectivity index is 1.51. The Hall–Kier alpha value is -0.330. The second kappa shape index (κ2) is 6.44. The van der Waals surface area contributed by atoms with Crippen LogP contribution in [0, 0.1) is 40.4 Å². The summed E-state index contributed by atoms with van der Waals surface area (Å²) in [5, 5.41) is 0. The summed E-state index contributed by atoms with van der Waals surface area (Å²) in [6.45, 7) is 5.33. The Kier molecular flexibility index (Phi) is 4.59. The molecule has 0 aromatic carbocycles. The lowest BCUT2D eigenvalue weighted by molar-refractivity contribution is -0.112. The van der Waals surface area contributed by atoms with E-state index >= 15 is 0 Å². The zero-order valence-electron chi connectivity index (χ0n) is 16.1. The standard InChI is InChI=1S/C23H38O/c1-22-14-5-3-7-17(22)9-11-19-20-12-10-18(8-4-6-16-24)23(20,2)15-13-21(19)22/h16-21H,3-15H2,1-2H3/t17-,18?,19-,20?,21?,22-,23+/m0/s1. The van der Waals surface area contributed by atoms with E-state index in [2.05, 4.69) is 13.8 Å². The zero-order valence-corrected chi connectivity index (χ0v) is 16.1. The van der Waals surface area contributed by atoms with Gasteiger partial charge in [-0.15, -0.1) is 0 Å². The molecule has 0 bridgehead atoms. The molecule has 1 nitrogen and oxygen atoms in total. The van der Waals surface area contributed by atoms with Crippen LogP contribution in [0.3, 0.4) is 0 Å².